The Labute approximate surface area is 359 Å². The summed E-state index contributed by atoms with van der Waals surface area (Å²) in [5.74, 6) is -2.45. The van der Waals surface area contributed by atoms with Gasteiger partial charge in [-0.25, -0.2) is 0 Å². The van der Waals surface area contributed by atoms with Crippen molar-refractivity contribution in [2.45, 2.75) is 38.8 Å². The monoisotopic (exact) mass is 918 g/mol. The molecule has 2 aromatic heterocycles. The van der Waals surface area contributed by atoms with E-state index in [9.17, 15) is 19.8 Å². The number of pyridine rings is 2. The van der Waals surface area contributed by atoms with Crippen LogP contribution in [-0.4, -0.2) is 153 Å². The molecule has 2 radical (unpaired) electrons. The smallest absolute Gasteiger partial charge is 1.00 e. The van der Waals surface area contributed by atoms with Crippen LogP contribution in [0.25, 0.3) is 0 Å². The van der Waals surface area contributed by atoms with Crippen molar-refractivity contribution in [1.29, 1.82) is 0 Å². The van der Waals surface area contributed by atoms with Gasteiger partial charge in [-0.15, -0.1) is 0 Å². The zero-order chi connectivity index (χ0) is 34.1. The van der Waals surface area contributed by atoms with Crippen LogP contribution < -0.4 is 66.9 Å². The van der Waals surface area contributed by atoms with Crippen molar-refractivity contribution in [3.8, 4) is 0 Å². The van der Waals surface area contributed by atoms with Crippen molar-refractivity contribution in [1.82, 2.24) is 51.7 Å². The topological polar surface area (TPSA) is 279 Å². The Kier molecular flexibility index (Phi) is 46.2. The fourth-order valence-electron chi connectivity index (χ4n) is 5.47. The summed E-state index contributed by atoms with van der Waals surface area (Å²) in [6.07, 6.45) is 4.35. The van der Waals surface area contributed by atoms with Gasteiger partial charge in [0.25, 0.3) is 0 Å². The molecule has 2 aliphatic heterocycles. The van der Waals surface area contributed by atoms with Crippen molar-refractivity contribution in [2.75, 3.05) is 105 Å². The second-order valence-corrected chi connectivity index (χ2v) is 12.1. The molecule has 326 valence electrons. The van der Waals surface area contributed by atoms with Gasteiger partial charge in [0.1, 0.15) is 0 Å². The van der Waals surface area contributed by atoms with Gasteiger partial charge >= 0.3 is 34.1 Å². The molecule has 0 atom stereocenters. The van der Waals surface area contributed by atoms with E-state index in [0.717, 1.165) is 142 Å². The number of carbonyl (C=O) groups is 2. The minimum absolute atomic E-state index is 0. The molecule has 17 nitrogen and oxygen atoms in total. The quantitative estimate of drug-likeness (QED) is 0.147. The van der Waals surface area contributed by atoms with Gasteiger partial charge in [-0.3, -0.25) is 19.8 Å². The van der Waals surface area contributed by atoms with Gasteiger partial charge in [-0.2, -0.15) is 0 Å². The Hall–Kier alpha value is -1.58. The van der Waals surface area contributed by atoms with Crippen LogP contribution >= 0.6 is 0 Å². The van der Waals surface area contributed by atoms with Gasteiger partial charge in [0.05, 0.1) is 34.7 Å². The molecule has 2 saturated heterocycles. The van der Waals surface area contributed by atoms with E-state index >= 15 is 0 Å². The molecule has 0 aliphatic carbocycles. The van der Waals surface area contributed by atoms with E-state index in [-0.39, 0.29) is 86.8 Å². The largest absolute Gasteiger partial charge is 2.00 e. The number of nitrogens with one attached hydrogen (secondary N) is 6. The third-order valence-corrected chi connectivity index (χ3v) is 8.04. The Bertz CT molecular complexity index is 1090. The fraction of sp³-hybridized carbons (Fsp3) is 0.647. The number of carbonyl (C=O) groups excluding carboxylic acids is 2. The second-order valence-electron chi connectivity index (χ2n) is 12.1. The minimum Gasteiger partial charge on any atom is -1.00 e. The van der Waals surface area contributed by atoms with Gasteiger partial charge in [0.2, 0.25) is 0 Å². The number of rotatable bonds is 6. The van der Waals surface area contributed by atoms with Crippen LogP contribution in [0, 0.1) is 0 Å². The van der Waals surface area contributed by atoms with E-state index in [4.69, 9.17) is 0 Å². The number of nitrogens with zero attached hydrogens (tertiary/aromatic N) is 4. The average Bonchev–Trinajstić information content (AvgIpc) is 3.08. The molecule has 12 N–H and O–H groups in total. The molecule has 55 heavy (non-hydrogen) atoms. The van der Waals surface area contributed by atoms with E-state index in [1.807, 2.05) is 12.1 Å². The first-order valence-corrected chi connectivity index (χ1v) is 17.5. The molecule has 0 spiro atoms. The molecule has 0 aromatic carbocycles. The van der Waals surface area contributed by atoms with Gasteiger partial charge in [-0.05, 0) is 102 Å². The summed E-state index contributed by atoms with van der Waals surface area (Å²) < 4.78 is 0. The van der Waals surface area contributed by atoms with Crippen LogP contribution in [0.15, 0.2) is 36.4 Å². The maximum absolute atomic E-state index is 11.0. The molecule has 0 amide bonds. The predicted molar refractivity (Wildman–Crippen MR) is 194 cm³/mol. The summed E-state index contributed by atoms with van der Waals surface area (Å²) >= 11 is 0. The van der Waals surface area contributed by atoms with Crippen molar-refractivity contribution < 1.29 is 95.2 Å². The first kappa shape index (κ1) is 62.6. The molecule has 4 heterocycles. The summed E-state index contributed by atoms with van der Waals surface area (Å²) in [6, 6.07) is 10.1. The van der Waals surface area contributed by atoms with Crippen molar-refractivity contribution in [3.63, 3.8) is 0 Å². The second kappa shape index (κ2) is 40.6. The standard InChI is InChI=1S/2C17H29N5O2.2ClH.2Cu.3H2O/c2*23-17(24)16-5-1-4-15(21-16)14-22-12-3-8-19-10-9-18-6-2-7-20-11-13-22;;;;;;;/h2*1,4-5,18-20H,2-3,6-14H2,(H,23,24);2*1H;;;3*1H2/q;;;;2*+2;;;/p-4. The molecular formula is C34H62Cl2Cu2N10O7. The summed E-state index contributed by atoms with van der Waals surface area (Å²) in [6.45, 7) is 17.0. The van der Waals surface area contributed by atoms with Crippen LogP contribution in [0.2, 0.25) is 0 Å². The maximum atomic E-state index is 11.0. The van der Waals surface area contributed by atoms with E-state index in [1.54, 1.807) is 12.1 Å². The molecule has 0 unspecified atom stereocenters. The third kappa shape index (κ3) is 30.2. The van der Waals surface area contributed by atoms with E-state index in [0.29, 0.717) is 13.1 Å². The van der Waals surface area contributed by atoms with Crippen LogP contribution in [0.5, 0.6) is 0 Å². The minimum atomic E-state index is -1.22. The Morgan fingerprint density at radius 2 is 0.800 bits per heavy atom. The van der Waals surface area contributed by atoms with E-state index in [2.05, 4.69) is 51.7 Å². The maximum Gasteiger partial charge on any atom is 2.00 e. The number of aromatic carboxylic acids is 2. The zero-order valence-corrected chi connectivity index (χ0v) is 34.7. The fourth-order valence-corrected chi connectivity index (χ4v) is 5.47. The van der Waals surface area contributed by atoms with Crippen molar-refractivity contribution in [2.24, 2.45) is 0 Å². The van der Waals surface area contributed by atoms with Crippen LogP contribution in [-0.2, 0) is 47.2 Å². The Balaban J connectivity index is -0.000000269. The molecule has 2 aliphatic rings. The van der Waals surface area contributed by atoms with Gasteiger partial charge in [0.15, 0.2) is 0 Å². The Morgan fingerprint density at radius 3 is 1.13 bits per heavy atom. The summed E-state index contributed by atoms with van der Waals surface area (Å²) in [4.78, 5) is 34.9. The van der Waals surface area contributed by atoms with Gasteiger partial charge < -0.3 is 92.9 Å². The molecule has 0 saturated carbocycles. The van der Waals surface area contributed by atoms with Crippen molar-refractivity contribution >= 4 is 11.9 Å². The molecule has 2 aromatic rings. The average molecular weight is 921 g/mol. The SMILES string of the molecule is O.O.O.O=C([O-])c1cccc(CN2CCCNCCNCCCNCC2)n1.O=C([O-])c1cccc(CN2CCCNCCNCCCNCC2)n1.[Cl-].[Cl-].[Cu+2].[Cu+2]. The molecular weight excluding hydrogens is 858 g/mol. The van der Waals surface area contributed by atoms with Gasteiger partial charge in [-0.1, -0.05) is 12.1 Å². The predicted octanol–water partition coefficient (Wildman–Crippen LogP) is -10.9. The zero-order valence-electron chi connectivity index (χ0n) is 31.3. The molecule has 4 rings (SSSR count). The molecule has 2 fully saturated rings. The normalized spacial score (nSPS) is 17.0. The number of hydrogen-bond donors (Lipinski definition) is 6. The summed E-state index contributed by atoms with van der Waals surface area (Å²) in [5, 5.41) is 42.6. The van der Waals surface area contributed by atoms with Crippen LogP contribution in [0.4, 0.5) is 0 Å². The molecule has 21 heteroatoms. The number of carboxylic acids is 2. The van der Waals surface area contributed by atoms with Crippen molar-refractivity contribution in [3.05, 3.63) is 59.2 Å². The van der Waals surface area contributed by atoms with Gasteiger partial charge in [0, 0.05) is 65.4 Å². The number of hydrogen-bond acceptors (Lipinski definition) is 14. The van der Waals surface area contributed by atoms with E-state index < -0.39 is 11.9 Å². The van der Waals surface area contributed by atoms with E-state index in [1.165, 1.54) is 12.1 Å². The number of aromatic nitrogens is 2. The summed E-state index contributed by atoms with van der Waals surface area (Å²) in [7, 11) is 0. The molecule has 0 bridgehead atoms. The van der Waals surface area contributed by atoms with Crippen LogP contribution in [0.3, 0.4) is 0 Å². The number of carboxylic acid groups (broad SMARTS) is 2. The first-order valence-electron chi connectivity index (χ1n) is 17.5. The number of halogens is 2. The summed E-state index contributed by atoms with van der Waals surface area (Å²) in [5.41, 5.74) is 1.55. The van der Waals surface area contributed by atoms with Crippen LogP contribution in [0.1, 0.15) is 58.0 Å². The Morgan fingerprint density at radius 1 is 0.491 bits per heavy atom. The first-order chi connectivity index (χ1) is 23.5. The third-order valence-electron chi connectivity index (χ3n) is 8.04.